The Morgan fingerprint density at radius 1 is 1.00 bits per heavy atom. The molecule has 0 bridgehead atoms. The predicted octanol–water partition coefficient (Wildman–Crippen LogP) is 4.73. The van der Waals surface area contributed by atoms with Gasteiger partial charge in [-0.25, -0.2) is 4.98 Å². The summed E-state index contributed by atoms with van der Waals surface area (Å²) in [6, 6.07) is 10.1. The number of hydrogen-bond acceptors (Lipinski definition) is 9. The summed E-state index contributed by atoms with van der Waals surface area (Å²) in [5.41, 5.74) is 0.399. The lowest BCUT2D eigenvalue weighted by Gasteiger charge is -2.29. The van der Waals surface area contributed by atoms with Crippen LogP contribution in [0.1, 0.15) is 62.7 Å². The van der Waals surface area contributed by atoms with E-state index in [0.29, 0.717) is 29.7 Å². The van der Waals surface area contributed by atoms with Crippen LogP contribution in [0.2, 0.25) is 0 Å². The summed E-state index contributed by atoms with van der Waals surface area (Å²) in [5.74, 6) is -2.15. The van der Waals surface area contributed by atoms with Crippen LogP contribution in [0.3, 0.4) is 0 Å². The number of phenols is 2. The van der Waals surface area contributed by atoms with Crippen LogP contribution < -0.4 is 5.32 Å². The second-order valence-electron chi connectivity index (χ2n) is 9.21. The van der Waals surface area contributed by atoms with Gasteiger partial charge in [-0.15, -0.1) is 0 Å². The number of pyridine rings is 1. The number of aromatic hydroxyl groups is 2. The number of nitrogens with one attached hydrogen (secondary N) is 1. The number of rotatable bonds is 7. The smallest absolute Gasteiger partial charge is 0.225 e. The molecule has 0 saturated carbocycles. The van der Waals surface area contributed by atoms with Crippen LogP contribution in [0.5, 0.6) is 11.5 Å². The highest BCUT2D eigenvalue weighted by Crippen LogP contribution is 2.47. The number of nitrogens with zero attached hydrogens (tertiary/aromatic N) is 1. The molecular formula is C28H24N2O6S2. The maximum atomic E-state index is 13.7. The van der Waals surface area contributed by atoms with Gasteiger partial charge in [0.2, 0.25) is 5.91 Å². The second kappa shape index (κ2) is 10.6. The highest BCUT2D eigenvalue weighted by atomic mass is 33.1. The monoisotopic (exact) mass is 548 g/mol. The lowest BCUT2D eigenvalue weighted by Crippen LogP contribution is -2.27. The molecule has 38 heavy (non-hydrogen) atoms. The van der Waals surface area contributed by atoms with E-state index in [0.717, 1.165) is 5.03 Å². The number of carbonyl (C=O) groups is 4. The largest absolute Gasteiger partial charge is 0.507 e. The Bertz CT molecular complexity index is 1490. The van der Waals surface area contributed by atoms with Gasteiger partial charge < -0.3 is 15.5 Å². The fourth-order valence-electron chi connectivity index (χ4n) is 4.97. The quantitative estimate of drug-likeness (QED) is 0.170. The molecule has 1 atom stereocenters. The first-order valence-electron chi connectivity index (χ1n) is 12.1. The molecule has 0 spiro atoms. The molecule has 2 aliphatic carbocycles. The summed E-state index contributed by atoms with van der Waals surface area (Å²) in [4.78, 5) is 56.0. The maximum absolute atomic E-state index is 13.7. The normalized spacial score (nSPS) is 15.9. The molecule has 1 heterocycles. The molecule has 10 heteroatoms. The third kappa shape index (κ3) is 4.69. The van der Waals surface area contributed by atoms with E-state index in [2.05, 4.69) is 10.3 Å². The molecule has 8 nitrogen and oxygen atoms in total. The van der Waals surface area contributed by atoms with Crippen molar-refractivity contribution in [3.8, 4) is 11.5 Å². The molecule has 0 radical (unpaired) electrons. The molecule has 0 unspecified atom stereocenters. The molecule has 5 rings (SSSR count). The minimum Gasteiger partial charge on any atom is -0.507 e. The van der Waals surface area contributed by atoms with Crippen molar-refractivity contribution in [2.24, 2.45) is 5.92 Å². The lowest BCUT2D eigenvalue weighted by molar-refractivity contribution is -0.121. The third-order valence-corrected chi connectivity index (χ3v) is 9.15. The van der Waals surface area contributed by atoms with Gasteiger partial charge in [-0.3, -0.25) is 19.2 Å². The Morgan fingerprint density at radius 2 is 1.76 bits per heavy atom. The van der Waals surface area contributed by atoms with Crippen molar-refractivity contribution >= 4 is 50.5 Å². The van der Waals surface area contributed by atoms with Crippen molar-refractivity contribution < 1.29 is 29.4 Å². The lowest BCUT2D eigenvalue weighted by atomic mass is 9.75. The Morgan fingerprint density at radius 3 is 2.50 bits per heavy atom. The minimum atomic E-state index is -0.644. The topological polar surface area (TPSA) is 134 Å². The van der Waals surface area contributed by atoms with Crippen LogP contribution in [-0.4, -0.2) is 44.2 Å². The van der Waals surface area contributed by atoms with Crippen molar-refractivity contribution in [1.29, 1.82) is 0 Å². The van der Waals surface area contributed by atoms with E-state index in [4.69, 9.17) is 0 Å². The number of fused-ring (bicyclic) bond motifs is 3. The summed E-state index contributed by atoms with van der Waals surface area (Å²) in [5, 5.41) is 25.7. The number of aromatic nitrogens is 1. The van der Waals surface area contributed by atoms with E-state index in [1.165, 1.54) is 40.6 Å². The molecular weight excluding hydrogens is 524 g/mol. The molecule has 1 aromatic heterocycles. The van der Waals surface area contributed by atoms with Crippen LogP contribution in [-0.2, 0) is 22.4 Å². The van der Waals surface area contributed by atoms with Gasteiger partial charge in [-0.1, -0.05) is 29.0 Å². The second-order valence-corrected chi connectivity index (χ2v) is 11.6. The van der Waals surface area contributed by atoms with Crippen LogP contribution >= 0.6 is 21.6 Å². The maximum Gasteiger partial charge on any atom is 0.225 e. The van der Waals surface area contributed by atoms with Crippen molar-refractivity contribution in [2.45, 2.75) is 37.6 Å². The van der Waals surface area contributed by atoms with Gasteiger partial charge in [0.1, 0.15) is 22.3 Å². The summed E-state index contributed by atoms with van der Waals surface area (Å²) < 4.78 is 0. The predicted molar refractivity (Wildman–Crippen MR) is 145 cm³/mol. The fraction of sp³-hybridized carbons (Fsp3) is 0.250. The van der Waals surface area contributed by atoms with E-state index in [1.54, 1.807) is 12.3 Å². The summed E-state index contributed by atoms with van der Waals surface area (Å²) in [6.07, 6.45) is 2.83. The first-order valence-corrected chi connectivity index (χ1v) is 14.4. The minimum absolute atomic E-state index is 0.0130. The average Bonchev–Trinajstić information content (AvgIpc) is 2.92. The third-order valence-electron chi connectivity index (χ3n) is 6.89. The molecule has 0 aliphatic heterocycles. The number of hydrogen-bond donors (Lipinski definition) is 3. The molecule has 0 saturated heterocycles. The van der Waals surface area contributed by atoms with Crippen LogP contribution in [0.25, 0.3) is 0 Å². The molecule has 2 aliphatic rings. The summed E-state index contributed by atoms with van der Waals surface area (Å²) in [6.45, 7) is 1.48. The van der Waals surface area contributed by atoms with Gasteiger partial charge in [0.15, 0.2) is 11.6 Å². The van der Waals surface area contributed by atoms with E-state index >= 15 is 0 Å². The number of ketones is 3. The zero-order chi connectivity index (χ0) is 27.0. The van der Waals surface area contributed by atoms with Gasteiger partial charge >= 0.3 is 0 Å². The number of amides is 1. The summed E-state index contributed by atoms with van der Waals surface area (Å²) in [7, 11) is 2.93. The Labute approximate surface area is 226 Å². The zero-order valence-corrected chi connectivity index (χ0v) is 22.1. The number of carbonyl (C=O) groups excluding carboxylic acids is 4. The van der Waals surface area contributed by atoms with E-state index < -0.39 is 11.6 Å². The Balaban J connectivity index is 1.40. The zero-order valence-electron chi connectivity index (χ0n) is 20.4. The van der Waals surface area contributed by atoms with Crippen LogP contribution in [0.4, 0.5) is 5.69 Å². The molecule has 1 amide bonds. The molecule has 2 aromatic carbocycles. The number of anilines is 1. The van der Waals surface area contributed by atoms with Gasteiger partial charge in [0, 0.05) is 41.0 Å². The Kier molecular flexibility index (Phi) is 7.27. The van der Waals surface area contributed by atoms with Gasteiger partial charge in [0.05, 0.1) is 22.4 Å². The van der Waals surface area contributed by atoms with Crippen molar-refractivity contribution in [1.82, 2.24) is 4.98 Å². The molecule has 3 N–H and O–H groups in total. The van der Waals surface area contributed by atoms with Crippen molar-refractivity contribution in [3.63, 3.8) is 0 Å². The first kappa shape index (κ1) is 26.0. The highest BCUT2D eigenvalue weighted by molar-refractivity contribution is 8.76. The number of benzene rings is 2. The number of Topliss-reactive ketones (excluding diaryl/α,β-unsaturated/α-hetero) is 1. The SMILES string of the molecule is CC(=O)[C@H]1CCc2c(O)c3c(c(O)c2C1)C(=O)c1cccc(NC(=O)CCSSc2ccccn2)c1C3=O. The van der Waals surface area contributed by atoms with E-state index in [9.17, 15) is 29.4 Å². The van der Waals surface area contributed by atoms with Crippen LogP contribution in [0.15, 0.2) is 47.6 Å². The molecule has 3 aromatic rings. The van der Waals surface area contributed by atoms with Gasteiger partial charge in [-0.2, -0.15) is 0 Å². The van der Waals surface area contributed by atoms with E-state index in [-0.39, 0.29) is 69.9 Å². The Hall–Kier alpha value is -3.63. The standard InChI is InChI=1S/C28H24N2O6S2/c1-14(31)15-8-9-16-18(13-15)27(35)23-24(25(16)33)28(36)22-17(26(23)34)5-4-6-19(22)30-20(32)10-12-37-38-21-7-2-3-11-29-21/h2-7,11,15,33,35H,8-10,12-13H2,1H3,(H,30,32)/t15-/m0/s1. The average molecular weight is 549 g/mol. The summed E-state index contributed by atoms with van der Waals surface area (Å²) >= 11 is 0. The fourth-order valence-corrected chi connectivity index (χ4v) is 6.83. The van der Waals surface area contributed by atoms with Crippen molar-refractivity contribution in [2.75, 3.05) is 11.1 Å². The van der Waals surface area contributed by atoms with Crippen LogP contribution in [0, 0.1) is 5.92 Å². The van der Waals surface area contributed by atoms with Gasteiger partial charge in [-0.05, 0) is 55.2 Å². The molecule has 0 fully saturated rings. The van der Waals surface area contributed by atoms with E-state index in [1.807, 2.05) is 18.2 Å². The molecule has 194 valence electrons. The first-order chi connectivity index (χ1) is 18.3. The highest BCUT2D eigenvalue weighted by Gasteiger charge is 2.40. The van der Waals surface area contributed by atoms with Gasteiger partial charge in [0.25, 0.3) is 0 Å². The van der Waals surface area contributed by atoms with Crippen molar-refractivity contribution in [3.05, 3.63) is 76.0 Å². The number of phenolic OH excluding ortho intramolecular Hbond substituents is 2.